The van der Waals surface area contributed by atoms with Crippen LogP contribution in [0.5, 0.6) is 11.5 Å². The first-order valence-corrected chi connectivity index (χ1v) is 6.77. The van der Waals surface area contributed by atoms with Crippen LogP contribution in [0.25, 0.3) is 0 Å². The van der Waals surface area contributed by atoms with Crippen molar-refractivity contribution in [2.24, 2.45) is 0 Å². The second kappa shape index (κ2) is 7.01. The average Bonchev–Trinajstić information content (AvgIpc) is 2.96. The number of benzene rings is 1. The molecule has 4 heteroatoms. The van der Waals surface area contributed by atoms with E-state index in [9.17, 15) is 0 Å². The minimum absolute atomic E-state index is 0.585. The highest BCUT2D eigenvalue weighted by Crippen LogP contribution is 2.27. The van der Waals surface area contributed by atoms with Crippen molar-refractivity contribution in [3.63, 3.8) is 0 Å². The molecule has 1 aliphatic rings. The van der Waals surface area contributed by atoms with Crippen LogP contribution in [-0.4, -0.2) is 38.3 Å². The van der Waals surface area contributed by atoms with E-state index >= 15 is 0 Å². The van der Waals surface area contributed by atoms with Crippen LogP contribution < -0.4 is 9.47 Å². The summed E-state index contributed by atoms with van der Waals surface area (Å²) < 4.78 is 11.0. The third-order valence-electron chi connectivity index (χ3n) is 3.37. The highest BCUT2D eigenvalue weighted by molar-refractivity contribution is 5.46. The summed E-state index contributed by atoms with van der Waals surface area (Å²) in [6.45, 7) is 4.22. The van der Waals surface area contributed by atoms with Crippen molar-refractivity contribution >= 4 is 0 Å². The summed E-state index contributed by atoms with van der Waals surface area (Å²) >= 11 is 0. The largest absolute Gasteiger partial charge is 0.493 e. The zero-order valence-corrected chi connectivity index (χ0v) is 11.4. The van der Waals surface area contributed by atoms with Crippen LogP contribution >= 0.6 is 0 Å². The van der Waals surface area contributed by atoms with E-state index in [1.165, 1.54) is 25.9 Å². The summed E-state index contributed by atoms with van der Waals surface area (Å²) in [6.07, 6.45) is 3.66. The normalized spacial score (nSPS) is 15.2. The standard InChI is InChI=1S/C15H20N2O2/c1-18-15-11-13(12-16)5-6-14(15)19-10-4-9-17-7-2-3-8-17/h5-6,11H,2-4,7-10H2,1H3. The Balaban J connectivity index is 1.80. The summed E-state index contributed by atoms with van der Waals surface area (Å²) in [5, 5.41) is 8.83. The molecule has 0 spiro atoms. The Morgan fingerprint density at radius 2 is 2.05 bits per heavy atom. The average molecular weight is 260 g/mol. The highest BCUT2D eigenvalue weighted by Gasteiger charge is 2.11. The minimum atomic E-state index is 0.585. The van der Waals surface area contributed by atoms with Gasteiger partial charge in [0.25, 0.3) is 0 Å². The van der Waals surface area contributed by atoms with Crippen LogP contribution in [0.1, 0.15) is 24.8 Å². The zero-order chi connectivity index (χ0) is 13.5. The molecule has 1 aromatic rings. The van der Waals surface area contributed by atoms with Crippen molar-refractivity contribution in [3.8, 4) is 17.6 Å². The first-order chi connectivity index (χ1) is 9.33. The van der Waals surface area contributed by atoms with Crippen LogP contribution in [0, 0.1) is 11.3 Å². The third-order valence-corrected chi connectivity index (χ3v) is 3.37. The van der Waals surface area contributed by atoms with Gasteiger partial charge in [0, 0.05) is 12.6 Å². The molecule has 2 rings (SSSR count). The highest BCUT2D eigenvalue weighted by atomic mass is 16.5. The maximum Gasteiger partial charge on any atom is 0.162 e. The Kier molecular flexibility index (Phi) is 5.05. The van der Waals surface area contributed by atoms with Gasteiger partial charge >= 0.3 is 0 Å². The van der Waals surface area contributed by atoms with Gasteiger partial charge < -0.3 is 14.4 Å². The summed E-state index contributed by atoms with van der Waals surface area (Å²) in [6, 6.07) is 7.34. The van der Waals surface area contributed by atoms with Gasteiger partial charge in [0.05, 0.1) is 25.3 Å². The van der Waals surface area contributed by atoms with Crippen molar-refractivity contribution in [2.45, 2.75) is 19.3 Å². The van der Waals surface area contributed by atoms with Gasteiger partial charge in [-0.3, -0.25) is 0 Å². The zero-order valence-electron chi connectivity index (χ0n) is 11.4. The van der Waals surface area contributed by atoms with Gasteiger partial charge in [-0.2, -0.15) is 5.26 Å². The summed E-state index contributed by atoms with van der Waals surface area (Å²) in [5.41, 5.74) is 0.585. The maximum atomic E-state index is 8.83. The van der Waals surface area contributed by atoms with Crippen LogP contribution in [0.3, 0.4) is 0 Å². The molecule has 0 N–H and O–H groups in total. The van der Waals surface area contributed by atoms with Crippen molar-refractivity contribution in [1.29, 1.82) is 5.26 Å². The van der Waals surface area contributed by atoms with E-state index in [4.69, 9.17) is 14.7 Å². The molecule has 102 valence electrons. The molecule has 1 aromatic carbocycles. The molecule has 0 atom stereocenters. The predicted molar refractivity (Wildman–Crippen MR) is 73.5 cm³/mol. The second-order valence-electron chi connectivity index (χ2n) is 4.73. The number of methoxy groups -OCH3 is 1. The van der Waals surface area contributed by atoms with Gasteiger partial charge in [-0.1, -0.05) is 0 Å². The molecule has 4 nitrogen and oxygen atoms in total. The molecule has 1 heterocycles. The summed E-state index contributed by atoms with van der Waals surface area (Å²) in [5.74, 6) is 1.34. The number of rotatable bonds is 6. The topological polar surface area (TPSA) is 45.5 Å². The van der Waals surface area contributed by atoms with E-state index in [0.29, 0.717) is 23.7 Å². The smallest absolute Gasteiger partial charge is 0.162 e. The van der Waals surface area contributed by atoms with Gasteiger partial charge in [0.1, 0.15) is 0 Å². The Labute approximate surface area is 114 Å². The fourth-order valence-electron chi connectivity index (χ4n) is 2.33. The summed E-state index contributed by atoms with van der Waals surface area (Å²) in [7, 11) is 1.59. The van der Waals surface area contributed by atoms with Crippen molar-refractivity contribution < 1.29 is 9.47 Å². The molecule has 0 bridgehead atoms. The number of nitriles is 1. The Bertz CT molecular complexity index is 448. The molecular formula is C15H20N2O2. The van der Waals surface area contributed by atoms with Gasteiger partial charge in [0.2, 0.25) is 0 Å². The Morgan fingerprint density at radius 1 is 1.26 bits per heavy atom. The van der Waals surface area contributed by atoms with Crippen LogP contribution in [0.4, 0.5) is 0 Å². The van der Waals surface area contributed by atoms with Crippen LogP contribution in [0.15, 0.2) is 18.2 Å². The third kappa shape index (κ3) is 3.87. The Morgan fingerprint density at radius 3 is 2.74 bits per heavy atom. The van der Waals surface area contributed by atoms with E-state index < -0.39 is 0 Å². The van der Waals surface area contributed by atoms with Gasteiger partial charge in [-0.25, -0.2) is 0 Å². The van der Waals surface area contributed by atoms with E-state index in [1.807, 2.05) is 0 Å². The maximum absolute atomic E-state index is 8.83. The molecule has 1 fully saturated rings. The lowest BCUT2D eigenvalue weighted by atomic mass is 10.2. The number of likely N-dealkylation sites (tertiary alicyclic amines) is 1. The molecule has 0 aromatic heterocycles. The fraction of sp³-hybridized carbons (Fsp3) is 0.533. The first kappa shape index (κ1) is 13.7. The molecule has 0 radical (unpaired) electrons. The van der Waals surface area contributed by atoms with E-state index in [-0.39, 0.29) is 0 Å². The molecule has 1 aliphatic heterocycles. The van der Waals surface area contributed by atoms with Crippen LogP contribution in [-0.2, 0) is 0 Å². The van der Waals surface area contributed by atoms with Crippen molar-refractivity contribution in [2.75, 3.05) is 33.4 Å². The number of hydrogen-bond acceptors (Lipinski definition) is 4. The monoisotopic (exact) mass is 260 g/mol. The predicted octanol–water partition coefficient (Wildman–Crippen LogP) is 2.43. The SMILES string of the molecule is COc1cc(C#N)ccc1OCCCN1CCCC1. The molecule has 19 heavy (non-hydrogen) atoms. The molecule has 0 amide bonds. The van der Waals surface area contributed by atoms with Crippen molar-refractivity contribution in [3.05, 3.63) is 23.8 Å². The quantitative estimate of drug-likeness (QED) is 0.737. The number of nitrogens with zero attached hydrogens (tertiary/aromatic N) is 2. The molecule has 1 saturated heterocycles. The number of ether oxygens (including phenoxy) is 2. The van der Waals surface area contributed by atoms with E-state index in [1.54, 1.807) is 25.3 Å². The summed E-state index contributed by atoms with van der Waals surface area (Å²) in [4.78, 5) is 2.47. The van der Waals surface area contributed by atoms with Gasteiger partial charge in [0.15, 0.2) is 11.5 Å². The minimum Gasteiger partial charge on any atom is -0.493 e. The lowest BCUT2D eigenvalue weighted by Crippen LogP contribution is -2.21. The second-order valence-corrected chi connectivity index (χ2v) is 4.73. The lowest BCUT2D eigenvalue weighted by Gasteiger charge is -2.15. The van der Waals surface area contributed by atoms with Gasteiger partial charge in [-0.05, 0) is 44.5 Å². The van der Waals surface area contributed by atoms with E-state index in [0.717, 1.165) is 13.0 Å². The number of hydrogen-bond donors (Lipinski definition) is 0. The first-order valence-electron chi connectivity index (χ1n) is 6.77. The van der Waals surface area contributed by atoms with Gasteiger partial charge in [-0.15, -0.1) is 0 Å². The van der Waals surface area contributed by atoms with Crippen LogP contribution in [0.2, 0.25) is 0 Å². The van der Waals surface area contributed by atoms with E-state index in [2.05, 4.69) is 11.0 Å². The lowest BCUT2D eigenvalue weighted by molar-refractivity contribution is 0.254. The van der Waals surface area contributed by atoms with Crippen molar-refractivity contribution in [1.82, 2.24) is 4.90 Å². The molecule has 0 unspecified atom stereocenters. The molecule has 0 aliphatic carbocycles. The fourth-order valence-corrected chi connectivity index (χ4v) is 2.33. The molecule has 0 saturated carbocycles. The Hall–Kier alpha value is -1.73. The molecular weight excluding hydrogens is 240 g/mol.